The maximum Gasteiger partial charge on any atom is 0.308 e. The third kappa shape index (κ3) is 2.65. The fourth-order valence-electron chi connectivity index (χ4n) is 2.53. The van der Waals surface area contributed by atoms with Crippen molar-refractivity contribution in [3.63, 3.8) is 0 Å². The minimum atomic E-state index is -0.852. The molecule has 1 atom stereocenters. The molecular weight excluding hydrogens is 282 g/mol. The minimum Gasteiger partial charge on any atom is -0.481 e. The average molecular weight is 300 g/mol. The molecular formula is C13H18ClN3O3. The lowest BCUT2D eigenvalue weighted by Crippen LogP contribution is -2.42. The van der Waals surface area contributed by atoms with E-state index in [0.717, 1.165) is 0 Å². The van der Waals surface area contributed by atoms with E-state index in [2.05, 4.69) is 5.10 Å². The Morgan fingerprint density at radius 1 is 1.50 bits per heavy atom. The van der Waals surface area contributed by atoms with Gasteiger partial charge >= 0.3 is 5.97 Å². The summed E-state index contributed by atoms with van der Waals surface area (Å²) in [7, 11) is 0. The molecule has 0 aliphatic carbocycles. The predicted molar refractivity (Wildman–Crippen MR) is 73.9 cm³/mol. The summed E-state index contributed by atoms with van der Waals surface area (Å²) in [5, 5.41) is 13.6. The molecule has 1 aliphatic rings. The number of hydrogen-bond acceptors (Lipinski definition) is 3. The quantitative estimate of drug-likeness (QED) is 0.923. The van der Waals surface area contributed by atoms with E-state index in [0.29, 0.717) is 42.3 Å². The number of amides is 1. The van der Waals surface area contributed by atoms with Gasteiger partial charge in [-0.3, -0.25) is 14.3 Å². The van der Waals surface area contributed by atoms with Gasteiger partial charge in [0.25, 0.3) is 5.91 Å². The van der Waals surface area contributed by atoms with E-state index in [1.807, 2.05) is 6.92 Å². The van der Waals surface area contributed by atoms with E-state index in [1.54, 1.807) is 16.5 Å². The Kier molecular flexibility index (Phi) is 4.32. The van der Waals surface area contributed by atoms with Crippen LogP contribution in [0.5, 0.6) is 0 Å². The van der Waals surface area contributed by atoms with Gasteiger partial charge in [-0.25, -0.2) is 0 Å². The summed E-state index contributed by atoms with van der Waals surface area (Å²) >= 11 is 6.18. The Labute approximate surface area is 122 Å². The number of likely N-dealkylation sites (tertiary alicyclic amines) is 1. The van der Waals surface area contributed by atoms with Crippen LogP contribution in [0.2, 0.25) is 5.15 Å². The first-order valence-corrected chi connectivity index (χ1v) is 7.08. The second-order valence-corrected chi connectivity index (χ2v) is 5.35. The summed E-state index contributed by atoms with van der Waals surface area (Å²) in [5.74, 6) is -1.57. The minimum absolute atomic E-state index is 0.224. The number of carboxylic acids is 1. The maximum atomic E-state index is 12.5. The predicted octanol–water partition coefficient (Wildman–Crippen LogP) is 1.80. The molecule has 1 unspecified atom stereocenters. The Morgan fingerprint density at radius 2 is 2.20 bits per heavy atom. The molecule has 1 amide bonds. The molecule has 110 valence electrons. The zero-order valence-electron chi connectivity index (χ0n) is 11.6. The van der Waals surface area contributed by atoms with Crippen LogP contribution in [0.1, 0.15) is 35.8 Å². The van der Waals surface area contributed by atoms with Gasteiger partial charge in [0.1, 0.15) is 5.15 Å². The van der Waals surface area contributed by atoms with Crippen molar-refractivity contribution in [2.24, 2.45) is 5.92 Å². The number of carboxylic acid groups (broad SMARTS) is 1. The molecule has 1 N–H and O–H groups in total. The van der Waals surface area contributed by atoms with Gasteiger partial charge in [-0.2, -0.15) is 5.10 Å². The molecule has 20 heavy (non-hydrogen) atoms. The van der Waals surface area contributed by atoms with E-state index < -0.39 is 11.9 Å². The van der Waals surface area contributed by atoms with Gasteiger partial charge in [0.2, 0.25) is 0 Å². The van der Waals surface area contributed by atoms with Crippen LogP contribution in [0.4, 0.5) is 0 Å². The SMILES string of the molecule is CCn1nc(C)c(C(=O)N2CCCC(C(=O)O)C2)c1Cl. The van der Waals surface area contributed by atoms with Gasteiger partial charge in [0, 0.05) is 19.6 Å². The van der Waals surface area contributed by atoms with E-state index >= 15 is 0 Å². The highest BCUT2D eigenvalue weighted by molar-refractivity contribution is 6.33. The normalized spacial score (nSPS) is 19.1. The second kappa shape index (κ2) is 5.83. The van der Waals surface area contributed by atoms with Gasteiger partial charge < -0.3 is 10.0 Å². The fraction of sp³-hybridized carbons (Fsp3) is 0.615. The number of rotatable bonds is 3. The summed E-state index contributed by atoms with van der Waals surface area (Å²) in [6, 6.07) is 0. The first-order valence-electron chi connectivity index (χ1n) is 6.70. The number of aryl methyl sites for hydroxylation is 2. The lowest BCUT2D eigenvalue weighted by atomic mass is 9.98. The Bertz CT molecular complexity index is 541. The van der Waals surface area contributed by atoms with Crippen molar-refractivity contribution in [1.82, 2.24) is 14.7 Å². The van der Waals surface area contributed by atoms with E-state index in [-0.39, 0.29) is 12.5 Å². The number of halogens is 1. The zero-order chi connectivity index (χ0) is 14.9. The topological polar surface area (TPSA) is 75.4 Å². The molecule has 0 spiro atoms. The lowest BCUT2D eigenvalue weighted by Gasteiger charge is -2.30. The maximum absolute atomic E-state index is 12.5. The molecule has 0 saturated carbocycles. The number of aromatic nitrogens is 2. The molecule has 1 saturated heterocycles. The average Bonchev–Trinajstić information content (AvgIpc) is 2.72. The Balaban J connectivity index is 2.23. The van der Waals surface area contributed by atoms with Crippen molar-refractivity contribution in [3.8, 4) is 0 Å². The largest absolute Gasteiger partial charge is 0.481 e. The van der Waals surface area contributed by atoms with Crippen molar-refractivity contribution in [2.75, 3.05) is 13.1 Å². The molecule has 1 fully saturated rings. The molecule has 2 heterocycles. The second-order valence-electron chi connectivity index (χ2n) is 5.00. The smallest absolute Gasteiger partial charge is 0.308 e. The van der Waals surface area contributed by atoms with Crippen molar-refractivity contribution in [2.45, 2.75) is 33.2 Å². The van der Waals surface area contributed by atoms with E-state index in [9.17, 15) is 9.59 Å². The molecule has 7 heteroatoms. The molecule has 6 nitrogen and oxygen atoms in total. The number of aliphatic carboxylic acids is 1. The molecule has 0 aromatic carbocycles. The molecule has 2 rings (SSSR count). The summed E-state index contributed by atoms with van der Waals surface area (Å²) in [6.07, 6.45) is 1.31. The van der Waals surface area contributed by atoms with Crippen LogP contribution in [0, 0.1) is 12.8 Å². The van der Waals surface area contributed by atoms with Crippen molar-refractivity contribution in [3.05, 3.63) is 16.4 Å². The Morgan fingerprint density at radius 3 is 2.75 bits per heavy atom. The summed E-state index contributed by atoms with van der Waals surface area (Å²) in [5.41, 5.74) is 0.971. The lowest BCUT2D eigenvalue weighted by molar-refractivity contribution is -0.143. The van der Waals surface area contributed by atoms with Gasteiger partial charge in [-0.1, -0.05) is 11.6 Å². The van der Waals surface area contributed by atoms with Crippen LogP contribution in [0.3, 0.4) is 0 Å². The Hall–Kier alpha value is -1.56. The van der Waals surface area contributed by atoms with Crippen LogP contribution < -0.4 is 0 Å². The van der Waals surface area contributed by atoms with E-state index in [4.69, 9.17) is 16.7 Å². The monoisotopic (exact) mass is 299 g/mol. The van der Waals surface area contributed by atoms with Crippen LogP contribution >= 0.6 is 11.6 Å². The van der Waals surface area contributed by atoms with Gasteiger partial charge in [-0.05, 0) is 26.7 Å². The molecule has 0 radical (unpaired) electrons. The first kappa shape index (κ1) is 14.8. The number of carbonyl (C=O) groups is 2. The van der Waals surface area contributed by atoms with Crippen LogP contribution in [0.15, 0.2) is 0 Å². The molecule has 0 bridgehead atoms. The highest BCUT2D eigenvalue weighted by Gasteiger charge is 2.31. The summed E-state index contributed by atoms with van der Waals surface area (Å²) in [6.45, 7) is 5.03. The summed E-state index contributed by atoms with van der Waals surface area (Å²) in [4.78, 5) is 25.2. The summed E-state index contributed by atoms with van der Waals surface area (Å²) < 4.78 is 1.57. The number of nitrogens with zero attached hydrogens (tertiary/aromatic N) is 3. The number of piperidine rings is 1. The van der Waals surface area contributed by atoms with Gasteiger partial charge in [-0.15, -0.1) is 0 Å². The van der Waals surface area contributed by atoms with Crippen molar-refractivity contribution < 1.29 is 14.7 Å². The third-order valence-electron chi connectivity index (χ3n) is 3.64. The standard InChI is InChI=1S/C13H18ClN3O3/c1-3-17-11(14)10(8(2)15-17)12(18)16-6-4-5-9(7-16)13(19)20/h9H,3-7H2,1-2H3,(H,19,20). The van der Waals surface area contributed by atoms with Crippen LogP contribution in [0.25, 0.3) is 0 Å². The highest BCUT2D eigenvalue weighted by Crippen LogP contribution is 2.24. The number of hydrogen-bond donors (Lipinski definition) is 1. The van der Waals surface area contributed by atoms with Crippen LogP contribution in [-0.2, 0) is 11.3 Å². The van der Waals surface area contributed by atoms with Crippen molar-refractivity contribution in [1.29, 1.82) is 0 Å². The highest BCUT2D eigenvalue weighted by atomic mass is 35.5. The zero-order valence-corrected chi connectivity index (χ0v) is 12.4. The van der Waals surface area contributed by atoms with Crippen molar-refractivity contribution >= 4 is 23.5 Å². The van der Waals surface area contributed by atoms with Gasteiger partial charge in [0.05, 0.1) is 17.2 Å². The third-order valence-corrected chi connectivity index (χ3v) is 4.02. The first-order chi connectivity index (χ1) is 9.45. The van der Waals surface area contributed by atoms with Crippen LogP contribution in [-0.4, -0.2) is 44.8 Å². The number of carbonyl (C=O) groups excluding carboxylic acids is 1. The molecule has 1 aromatic rings. The molecule has 1 aliphatic heterocycles. The van der Waals surface area contributed by atoms with E-state index in [1.165, 1.54) is 0 Å². The molecule has 1 aromatic heterocycles. The van der Waals surface area contributed by atoms with Gasteiger partial charge in [0.15, 0.2) is 0 Å². The fourth-order valence-corrected chi connectivity index (χ4v) is 2.90.